The predicted molar refractivity (Wildman–Crippen MR) is 142 cm³/mol. The Bertz CT molecular complexity index is 682. The van der Waals surface area contributed by atoms with Crippen LogP contribution in [0.15, 0.2) is 18.2 Å². The molecule has 0 N–H and O–H groups in total. The van der Waals surface area contributed by atoms with Gasteiger partial charge in [-0.15, -0.1) is 0 Å². The van der Waals surface area contributed by atoms with Crippen LogP contribution in [0.1, 0.15) is 26.3 Å². The molecule has 1 aromatic rings. The average Bonchev–Trinajstić information content (AvgIpc) is 2.81. The molecular weight excluding hydrogens is 466 g/mol. The van der Waals surface area contributed by atoms with Crippen molar-refractivity contribution in [2.24, 2.45) is 0 Å². The number of hydrogen-bond acceptors (Lipinski definition) is 8. The van der Waals surface area contributed by atoms with Crippen LogP contribution in [0.3, 0.4) is 0 Å². The zero-order chi connectivity index (χ0) is 26.2. The van der Waals surface area contributed by atoms with Gasteiger partial charge in [-0.3, -0.25) is 4.90 Å². The van der Waals surface area contributed by atoms with Crippen molar-refractivity contribution in [3.05, 3.63) is 23.8 Å². The molecule has 0 aromatic heterocycles. The second kappa shape index (κ2) is 17.3. The van der Waals surface area contributed by atoms with Gasteiger partial charge in [0.2, 0.25) is 0 Å². The maximum absolute atomic E-state index is 6.08. The number of likely N-dealkylation sites (N-methyl/N-ethyl adjacent to an activating group) is 1. The van der Waals surface area contributed by atoms with Crippen LogP contribution in [-0.4, -0.2) is 100 Å². The smallest absolute Gasteiger partial charge is 0.192 e. The molecule has 9 heteroatoms. The van der Waals surface area contributed by atoms with E-state index in [9.17, 15) is 0 Å². The van der Waals surface area contributed by atoms with Crippen molar-refractivity contribution in [3.8, 4) is 11.5 Å². The van der Waals surface area contributed by atoms with E-state index < -0.39 is 8.32 Å². The van der Waals surface area contributed by atoms with Crippen molar-refractivity contribution in [3.63, 3.8) is 0 Å². The minimum Gasteiger partial charge on any atom is -0.497 e. The molecule has 0 unspecified atom stereocenters. The molecule has 0 saturated carbocycles. The highest BCUT2D eigenvalue weighted by Gasteiger charge is 2.36. The van der Waals surface area contributed by atoms with Crippen LogP contribution < -0.4 is 9.47 Å². The average molecular weight is 516 g/mol. The van der Waals surface area contributed by atoms with Gasteiger partial charge in [0.15, 0.2) is 8.32 Å². The van der Waals surface area contributed by atoms with E-state index in [-0.39, 0.29) is 5.04 Å². The highest BCUT2D eigenvalue weighted by molar-refractivity contribution is 6.74. The van der Waals surface area contributed by atoms with Gasteiger partial charge in [0.25, 0.3) is 0 Å². The SMILES string of the molecule is COc1ccc(CN(C)CCOCCOCCOCCOCCO[Si](C)(C)C(C)(C)C)c(OC)c1. The fourth-order valence-electron chi connectivity index (χ4n) is 2.91. The van der Waals surface area contributed by atoms with Gasteiger partial charge in [-0.25, -0.2) is 0 Å². The second-order valence-electron chi connectivity index (χ2n) is 9.97. The van der Waals surface area contributed by atoms with Crippen LogP contribution in [0.4, 0.5) is 0 Å². The van der Waals surface area contributed by atoms with Crippen molar-refractivity contribution in [1.82, 2.24) is 4.90 Å². The molecule has 0 spiro atoms. The normalized spacial score (nSPS) is 12.4. The summed E-state index contributed by atoms with van der Waals surface area (Å²) in [6, 6.07) is 5.88. The van der Waals surface area contributed by atoms with Gasteiger partial charge in [-0.2, -0.15) is 0 Å². The maximum atomic E-state index is 6.08. The molecule has 0 amide bonds. The molecule has 0 heterocycles. The molecule has 35 heavy (non-hydrogen) atoms. The molecule has 0 bridgehead atoms. The van der Waals surface area contributed by atoms with Gasteiger partial charge < -0.3 is 32.8 Å². The minimum absolute atomic E-state index is 0.226. The van der Waals surface area contributed by atoms with E-state index in [0.29, 0.717) is 59.5 Å². The van der Waals surface area contributed by atoms with Crippen LogP contribution in [0.5, 0.6) is 11.5 Å². The summed E-state index contributed by atoms with van der Waals surface area (Å²) in [6.45, 7) is 18.1. The van der Waals surface area contributed by atoms with Crippen LogP contribution in [0, 0.1) is 0 Å². The van der Waals surface area contributed by atoms with Gasteiger partial charge in [0.05, 0.1) is 73.7 Å². The Hall–Kier alpha value is -1.20. The molecule has 0 fully saturated rings. The van der Waals surface area contributed by atoms with Gasteiger partial charge >= 0.3 is 0 Å². The lowest BCUT2D eigenvalue weighted by atomic mass is 10.2. The summed E-state index contributed by atoms with van der Waals surface area (Å²) >= 11 is 0. The molecule has 0 atom stereocenters. The molecular formula is C26H49NO7Si. The molecule has 1 rings (SSSR count). The zero-order valence-corrected chi connectivity index (χ0v) is 24.3. The molecule has 0 aliphatic carbocycles. The molecule has 0 aliphatic rings. The van der Waals surface area contributed by atoms with E-state index in [2.05, 4.69) is 45.8 Å². The summed E-state index contributed by atoms with van der Waals surface area (Å²) in [5.41, 5.74) is 1.11. The Kier molecular flexibility index (Phi) is 15.7. The van der Waals surface area contributed by atoms with Crippen LogP contribution >= 0.6 is 0 Å². The minimum atomic E-state index is -1.69. The number of ether oxygens (including phenoxy) is 6. The second-order valence-corrected chi connectivity index (χ2v) is 14.8. The van der Waals surface area contributed by atoms with Gasteiger partial charge in [-0.05, 0) is 31.2 Å². The molecule has 0 radical (unpaired) electrons. The van der Waals surface area contributed by atoms with Crippen molar-refractivity contribution >= 4 is 8.32 Å². The maximum Gasteiger partial charge on any atom is 0.192 e. The molecule has 8 nitrogen and oxygen atoms in total. The van der Waals surface area contributed by atoms with E-state index >= 15 is 0 Å². The Morgan fingerprint density at radius 3 is 1.74 bits per heavy atom. The fraction of sp³-hybridized carbons (Fsp3) is 0.769. The van der Waals surface area contributed by atoms with Crippen molar-refractivity contribution in [2.75, 3.05) is 87.3 Å². The molecule has 1 aromatic carbocycles. The van der Waals surface area contributed by atoms with E-state index in [1.54, 1.807) is 14.2 Å². The van der Waals surface area contributed by atoms with Crippen LogP contribution in [0.25, 0.3) is 0 Å². The summed E-state index contributed by atoms with van der Waals surface area (Å²) in [6.07, 6.45) is 0. The monoisotopic (exact) mass is 515 g/mol. The number of benzene rings is 1. The Morgan fingerprint density at radius 2 is 1.26 bits per heavy atom. The van der Waals surface area contributed by atoms with Gasteiger partial charge in [0.1, 0.15) is 11.5 Å². The first kappa shape index (κ1) is 31.8. The van der Waals surface area contributed by atoms with Gasteiger partial charge in [0, 0.05) is 24.7 Å². The third-order valence-corrected chi connectivity index (χ3v) is 10.7. The van der Waals surface area contributed by atoms with E-state index in [4.69, 9.17) is 32.8 Å². The molecule has 0 aliphatic heterocycles. The standard InChI is InChI=1S/C26H49NO7Si/c1-26(2,3)35(7,8)34-20-19-33-18-17-32-16-15-31-14-13-30-12-11-27(4)22-23-9-10-24(28-5)21-25(23)29-6/h9-10,21H,11-20,22H2,1-8H3. The summed E-state index contributed by atoms with van der Waals surface area (Å²) in [7, 11) is 3.70. The highest BCUT2D eigenvalue weighted by Crippen LogP contribution is 2.36. The quantitative estimate of drug-likeness (QED) is 0.189. The first-order valence-corrected chi connectivity index (χ1v) is 15.4. The van der Waals surface area contributed by atoms with E-state index in [0.717, 1.165) is 30.2 Å². The fourth-order valence-corrected chi connectivity index (χ4v) is 3.93. The summed E-state index contributed by atoms with van der Waals surface area (Å²) in [5, 5.41) is 0.226. The van der Waals surface area contributed by atoms with Crippen LogP contribution in [0.2, 0.25) is 18.1 Å². The topological polar surface area (TPSA) is 67.9 Å². The number of hydrogen-bond donors (Lipinski definition) is 0. The van der Waals surface area contributed by atoms with E-state index in [1.807, 2.05) is 18.2 Å². The third kappa shape index (κ3) is 13.6. The number of rotatable bonds is 20. The highest BCUT2D eigenvalue weighted by atomic mass is 28.4. The third-order valence-electron chi connectivity index (χ3n) is 6.16. The lowest BCUT2D eigenvalue weighted by molar-refractivity contribution is -0.00644. The van der Waals surface area contributed by atoms with Gasteiger partial charge in [-0.1, -0.05) is 26.8 Å². The zero-order valence-electron chi connectivity index (χ0n) is 23.3. The summed E-state index contributed by atoms with van der Waals surface area (Å²) < 4.78 is 39.1. The number of nitrogens with zero attached hydrogens (tertiary/aromatic N) is 1. The molecule has 204 valence electrons. The summed E-state index contributed by atoms with van der Waals surface area (Å²) in [5.74, 6) is 1.62. The predicted octanol–water partition coefficient (Wildman–Crippen LogP) is 4.22. The first-order valence-electron chi connectivity index (χ1n) is 12.4. The molecule has 0 saturated heterocycles. The van der Waals surface area contributed by atoms with E-state index in [1.165, 1.54) is 0 Å². The number of methoxy groups -OCH3 is 2. The lowest BCUT2D eigenvalue weighted by Gasteiger charge is -2.36. The van der Waals surface area contributed by atoms with Crippen molar-refractivity contribution in [1.29, 1.82) is 0 Å². The van der Waals surface area contributed by atoms with Crippen molar-refractivity contribution in [2.45, 2.75) is 45.4 Å². The lowest BCUT2D eigenvalue weighted by Crippen LogP contribution is -2.41. The van der Waals surface area contributed by atoms with Crippen LogP contribution in [-0.2, 0) is 29.9 Å². The summed E-state index contributed by atoms with van der Waals surface area (Å²) in [4.78, 5) is 2.20. The Labute approximate surface area is 214 Å². The van der Waals surface area contributed by atoms with Crippen molar-refractivity contribution < 1.29 is 32.8 Å². The Balaban J connectivity index is 1.94. The Morgan fingerprint density at radius 1 is 0.743 bits per heavy atom. The first-order chi connectivity index (χ1) is 16.6. The largest absolute Gasteiger partial charge is 0.497 e.